The molecule has 1 aromatic rings. The van der Waals surface area contributed by atoms with Crippen LogP contribution in [0.2, 0.25) is 36.3 Å². The first-order chi connectivity index (χ1) is 17.8. The number of halogens is 1. The van der Waals surface area contributed by atoms with Gasteiger partial charge in [-0.1, -0.05) is 112 Å². The second-order valence-corrected chi connectivity index (χ2v) is 24.7. The Labute approximate surface area is 257 Å². The zero-order valence-electron chi connectivity index (χ0n) is 27.2. The smallest absolute Gasteiger partial charge is 0.192 e. The van der Waals surface area contributed by atoms with Crippen LogP contribution in [0, 0.1) is 0 Å². The zero-order chi connectivity index (χ0) is 30.1. The maximum absolute atomic E-state index is 11.4. The summed E-state index contributed by atoms with van der Waals surface area (Å²) in [5, 5.41) is 11.7. The van der Waals surface area contributed by atoms with E-state index in [2.05, 4.69) is 145 Å². The molecule has 1 rings (SSSR count). The summed E-state index contributed by atoms with van der Waals surface area (Å²) in [5.41, 5.74) is 4.03. The SMILES string of the molecule is C/C(=C\Cc1ccccc1)CC[C@H](C[C@H](O)C[C@@H](C/C(C)=C/I)O[Si](C)(C)C(C)(C)C)O[Si](C)(C)C(C)(C)C. The van der Waals surface area contributed by atoms with Crippen LogP contribution in [0.5, 0.6) is 0 Å². The third-order valence-corrected chi connectivity index (χ3v) is 18.9. The molecule has 1 aromatic carbocycles. The van der Waals surface area contributed by atoms with Gasteiger partial charge in [-0.15, -0.1) is 0 Å². The van der Waals surface area contributed by atoms with Gasteiger partial charge in [-0.25, -0.2) is 0 Å². The van der Waals surface area contributed by atoms with Crippen molar-refractivity contribution in [1.82, 2.24) is 0 Å². The highest BCUT2D eigenvalue weighted by Gasteiger charge is 2.41. The molecule has 0 fully saturated rings. The van der Waals surface area contributed by atoms with Crippen molar-refractivity contribution in [2.24, 2.45) is 0 Å². The molecule has 0 heterocycles. The Bertz CT molecular complexity index is 911. The monoisotopic (exact) mass is 686 g/mol. The van der Waals surface area contributed by atoms with Gasteiger partial charge in [0.2, 0.25) is 0 Å². The van der Waals surface area contributed by atoms with Crippen LogP contribution >= 0.6 is 22.6 Å². The van der Waals surface area contributed by atoms with Crippen LogP contribution < -0.4 is 0 Å². The third-order valence-electron chi connectivity index (χ3n) is 8.73. The third kappa shape index (κ3) is 13.5. The van der Waals surface area contributed by atoms with Gasteiger partial charge in [0, 0.05) is 6.10 Å². The number of rotatable bonds is 15. The molecule has 39 heavy (non-hydrogen) atoms. The van der Waals surface area contributed by atoms with Crippen molar-refractivity contribution in [2.75, 3.05) is 0 Å². The van der Waals surface area contributed by atoms with Gasteiger partial charge >= 0.3 is 0 Å². The summed E-state index contributed by atoms with van der Waals surface area (Å²) in [4.78, 5) is 0. The number of aliphatic hydroxyl groups excluding tert-OH is 1. The topological polar surface area (TPSA) is 38.7 Å². The van der Waals surface area contributed by atoms with Gasteiger partial charge in [0.15, 0.2) is 16.6 Å². The first kappa shape index (κ1) is 36.8. The summed E-state index contributed by atoms with van der Waals surface area (Å²) in [6.07, 6.45) is 6.99. The lowest BCUT2D eigenvalue weighted by Gasteiger charge is -2.41. The van der Waals surface area contributed by atoms with Gasteiger partial charge < -0.3 is 14.0 Å². The Morgan fingerprint density at radius 1 is 0.846 bits per heavy atom. The molecule has 3 atom stereocenters. The Morgan fingerprint density at radius 2 is 1.33 bits per heavy atom. The second kappa shape index (κ2) is 15.8. The first-order valence-electron chi connectivity index (χ1n) is 14.8. The van der Waals surface area contributed by atoms with Crippen LogP contribution in [-0.2, 0) is 15.3 Å². The van der Waals surface area contributed by atoms with Crippen molar-refractivity contribution < 1.29 is 14.0 Å². The minimum absolute atomic E-state index is 0.0212. The predicted octanol–water partition coefficient (Wildman–Crippen LogP) is 10.6. The Kier molecular flexibility index (Phi) is 14.9. The van der Waals surface area contributed by atoms with E-state index in [1.807, 2.05) is 0 Å². The molecule has 0 aliphatic carbocycles. The average molecular weight is 687 g/mol. The minimum atomic E-state index is -1.98. The lowest BCUT2D eigenvalue weighted by atomic mass is 9.98. The quantitative estimate of drug-likeness (QED) is 0.113. The van der Waals surface area contributed by atoms with Gasteiger partial charge in [0.25, 0.3) is 0 Å². The van der Waals surface area contributed by atoms with E-state index in [4.69, 9.17) is 8.85 Å². The maximum Gasteiger partial charge on any atom is 0.192 e. The second-order valence-electron chi connectivity index (χ2n) is 14.6. The average Bonchev–Trinajstić information content (AvgIpc) is 2.79. The van der Waals surface area contributed by atoms with E-state index in [0.717, 1.165) is 25.7 Å². The van der Waals surface area contributed by atoms with Crippen molar-refractivity contribution >= 4 is 39.2 Å². The van der Waals surface area contributed by atoms with Crippen molar-refractivity contribution in [3.8, 4) is 0 Å². The molecule has 1 N–H and O–H groups in total. The van der Waals surface area contributed by atoms with Gasteiger partial charge in [0.1, 0.15) is 0 Å². The summed E-state index contributed by atoms with van der Waals surface area (Å²) in [5.74, 6) is 0. The van der Waals surface area contributed by atoms with Crippen molar-refractivity contribution in [1.29, 1.82) is 0 Å². The lowest BCUT2D eigenvalue weighted by molar-refractivity contribution is 0.0444. The molecule has 0 aromatic heterocycles. The van der Waals surface area contributed by atoms with Crippen molar-refractivity contribution in [3.63, 3.8) is 0 Å². The van der Waals surface area contributed by atoms with Crippen molar-refractivity contribution in [2.45, 2.75) is 148 Å². The molecular weight excluding hydrogens is 627 g/mol. The summed E-state index contributed by atoms with van der Waals surface area (Å²) >= 11 is 2.31. The molecule has 0 saturated heterocycles. The molecule has 224 valence electrons. The summed E-state index contributed by atoms with van der Waals surface area (Å²) in [6, 6.07) is 10.6. The molecule has 0 saturated carbocycles. The van der Waals surface area contributed by atoms with E-state index in [-0.39, 0.29) is 22.3 Å². The van der Waals surface area contributed by atoms with E-state index < -0.39 is 22.7 Å². The molecule has 0 amide bonds. The summed E-state index contributed by atoms with van der Waals surface area (Å²) < 4.78 is 15.9. The van der Waals surface area contributed by atoms with Crippen LogP contribution in [0.3, 0.4) is 0 Å². The molecular formula is C33H59IO3Si2. The molecule has 0 unspecified atom stereocenters. The number of hydrogen-bond acceptors (Lipinski definition) is 3. The molecule has 6 heteroatoms. The highest BCUT2D eigenvalue weighted by Crippen LogP contribution is 2.40. The number of aliphatic hydroxyl groups is 1. The Balaban J connectivity index is 3.02. The summed E-state index contributed by atoms with van der Waals surface area (Å²) in [6.45, 7) is 27.4. The maximum atomic E-state index is 11.4. The van der Waals surface area contributed by atoms with Crippen LogP contribution in [0.4, 0.5) is 0 Å². The molecule has 0 aliphatic heterocycles. The summed E-state index contributed by atoms with van der Waals surface area (Å²) in [7, 11) is -3.94. The minimum Gasteiger partial charge on any atom is -0.414 e. The molecule has 0 aliphatic rings. The molecule has 0 spiro atoms. The fourth-order valence-corrected chi connectivity index (χ4v) is 7.11. The highest BCUT2D eigenvalue weighted by atomic mass is 127. The van der Waals surface area contributed by atoms with E-state index in [9.17, 15) is 5.11 Å². The van der Waals surface area contributed by atoms with E-state index in [1.54, 1.807) is 0 Å². The van der Waals surface area contributed by atoms with E-state index in [0.29, 0.717) is 12.8 Å². The Morgan fingerprint density at radius 3 is 1.82 bits per heavy atom. The normalized spacial score (nSPS) is 16.8. The van der Waals surface area contributed by atoms with Gasteiger partial charge in [-0.3, -0.25) is 0 Å². The molecule has 0 bridgehead atoms. The van der Waals surface area contributed by atoms with Crippen LogP contribution in [0.1, 0.15) is 93.1 Å². The van der Waals surface area contributed by atoms with Crippen LogP contribution in [0.25, 0.3) is 0 Å². The van der Waals surface area contributed by atoms with Gasteiger partial charge in [-0.2, -0.15) is 0 Å². The zero-order valence-corrected chi connectivity index (χ0v) is 31.3. The van der Waals surface area contributed by atoms with E-state index >= 15 is 0 Å². The first-order valence-corrected chi connectivity index (χ1v) is 21.8. The van der Waals surface area contributed by atoms with Crippen LogP contribution in [0.15, 0.2) is 51.6 Å². The fourth-order valence-electron chi connectivity index (χ4n) is 4.09. The standard InChI is InChI=1S/C33H59IO3Si2/c1-26(18-20-28-16-14-13-15-17-28)19-21-30(36-38(9,10)32(3,4)5)23-29(35)24-31(22-27(2)25-34)37-39(11,12)33(6,7)8/h13-18,25,29-31,35H,19-24H2,1-12H3/b26-18+,27-25+/t29-,30+,31+/m0/s1. The largest absolute Gasteiger partial charge is 0.414 e. The fraction of sp³-hybridized carbons (Fsp3) is 0.697. The molecule has 0 radical (unpaired) electrons. The van der Waals surface area contributed by atoms with Gasteiger partial charge in [0.05, 0.1) is 12.2 Å². The lowest BCUT2D eigenvalue weighted by Crippen LogP contribution is -2.46. The van der Waals surface area contributed by atoms with E-state index in [1.165, 1.54) is 16.7 Å². The number of allylic oxidation sites excluding steroid dienone is 2. The predicted molar refractivity (Wildman–Crippen MR) is 185 cm³/mol. The Hall–Kier alpha value is -0.256. The highest BCUT2D eigenvalue weighted by molar-refractivity contribution is 14.1. The van der Waals surface area contributed by atoms with Gasteiger partial charge in [-0.05, 0) is 98.3 Å². The number of hydrogen-bond donors (Lipinski definition) is 1. The number of benzene rings is 1. The van der Waals surface area contributed by atoms with Crippen LogP contribution in [-0.4, -0.2) is 40.1 Å². The molecule has 3 nitrogen and oxygen atoms in total. The van der Waals surface area contributed by atoms with Crippen molar-refractivity contribution in [3.05, 3.63) is 57.2 Å².